The minimum absolute atomic E-state index is 0. The molecule has 2 aromatic rings. The van der Waals surface area contributed by atoms with Crippen molar-refractivity contribution < 1.29 is 4.79 Å². The predicted octanol–water partition coefficient (Wildman–Crippen LogP) is 4.18. The van der Waals surface area contributed by atoms with E-state index in [1.165, 1.54) is 0 Å². The van der Waals surface area contributed by atoms with Crippen molar-refractivity contribution in [1.29, 1.82) is 0 Å². The second kappa shape index (κ2) is 11.7. The lowest BCUT2D eigenvalue weighted by Gasteiger charge is -2.38. The monoisotopic (exact) mass is 484 g/mol. The number of nitrogens with one attached hydrogen (secondary N) is 2. The van der Waals surface area contributed by atoms with Gasteiger partial charge in [0.15, 0.2) is 0 Å². The number of pyridine rings is 1. The summed E-state index contributed by atoms with van der Waals surface area (Å²) in [7, 11) is 0. The summed E-state index contributed by atoms with van der Waals surface area (Å²) >= 11 is 0. The van der Waals surface area contributed by atoms with E-state index in [2.05, 4.69) is 40.3 Å². The van der Waals surface area contributed by atoms with Gasteiger partial charge in [-0.25, -0.2) is 0 Å². The summed E-state index contributed by atoms with van der Waals surface area (Å²) in [6.07, 6.45) is 11.0. The molecule has 184 valence electrons. The van der Waals surface area contributed by atoms with Gasteiger partial charge in [-0.05, 0) is 88.1 Å². The minimum Gasteiger partial charge on any atom is -0.369 e. The van der Waals surface area contributed by atoms with Gasteiger partial charge in [0.05, 0.1) is 0 Å². The molecule has 34 heavy (non-hydrogen) atoms. The Labute approximate surface area is 208 Å². The third-order valence-corrected chi connectivity index (χ3v) is 7.09. The van der Waals surface area contributed by atoms with Crippen molar-refractivity contribution in [2.75, 3.05) is 11.4 Å². The smallest absolute Gasteiger partial charge is 0.253 e. The van der Waals surface area contributed by atoms with E-state index in [4.69, 9.17) is 5.73 Å². The van der Waals surface area contributed by atoms with E-state index in [0.717, 1.165) is 67.6 Å². The Bertz CT molecular complexity index is 1090. The molecule has 2 heterocycles. The fourth-order valence-electron chi connectivity index (χ4n) is 5.33. The second-order valence-corrected chi connectivity index (χ2v) is 9.34. The summed E-state index contributed by atoms with van der Waals surface area (Å²) in [4.78, 5) is 31.2. The van der Waals surface area contributed by atoms with Crippen molar-refractivity contribution in [2.24, 2.45) is 5.73 Å². The van der Waals surface area contributed by atoms with Crippen LogP contribution in [0.1, 0.15) is 71.8 Å². The van der Waals surface area contributed by atoms with Crippen molar-refractivity contribution in [2.45, 2.75) is 77.4 Å². The molecule has 2 aliphatic rings. The standard InChI is InChI=1S/C27H36N4O2.ClH/c1-3-31(21-14-12-20(28)13-15-21)25-11-7-10-23-22(25)9-6-4-5-8-19-16-18(2)30-27(33)24(19)17-29-26(23)32;/h4,6-7,10-11,16,20-21H,3,5,8-9,12-15,17,28H2,1-2H3,(H,29,32)(H,30,33);1H. The van der Waals surface area contributed by atoms with E-state index < -0.39 is 0 Å². The number of aryl methyl sites for hydroxylation is 2. The Morgan fingerprint density at radius 2 is 1.85 bits per heavy atom. The zero-order valence-corrected chi connectivity index (χ0v) is 21.0. The highest BCUT2D eigenvalue weighted by Gasteiger charge is 2.26. The first-order valence-electron chi connectivity index (χ1n) is 12.3. The number of hydrogen-bond acceptors (Lipinski definition) is 4. The van der Waals surface area contributed by atoms with E-state index in [1.807, 2.05) is 25.1 Å². The molecule has 1 amide bonds. The number of rotatable bonds is 3. The first kappa shape index (κ1) is 26.0. The van der Waals surface area contributed by atoms with Gasteiger partial charge in [0.1, 0.15) is 0 Å². The van der Waals surface area contributed by atoms with E-state index in [-0.39, 0.29) is 30.4 Å². The lowest BCUT2D eigenvalue weighted by molar-refractivity contribution is 0.0950. The largest absolute Gasteiger partial charge is 0.369 e. The lowest BCUT2D eigenvalue weighted by Crippen LogP contribution is -2.41. The summed E-state index contributed by atoms with van der Waals surface area (Å²) in [5.41, 5.74) is 11.4. The van der Waals surface area contributed by atoms with Crippen LogP contribution in [0.15, 0.2) is 41.2 Å². The molecule has 0 unspecified atom stereocenters. The number of fused-ring (bicyclic) bond motifs is 2. The summed E-state index contributed by atoms with van der Waals surface area (Å²) in [5, 5.41) is 3.02. The maximum Gasteiger partial charge on any atom is 0.253 e. The fraction of sp³-hybridized carbons (Fsp3) is 0.481. The van der Waals surface area contributed by atoms with Crippen LogP contribution in [0.2, 0.25) is 0 Å². The summed E-state index contributed by atoms with van der Waals surface area (Å²) in [5.74, 6) is -0.131. The molecule has 4 N–H and O–H groups in total. The average molecular weight is 485 g/mol. The molecule has 7 heteroatoms. The molecule has 1 fully saturated rings. The Morgan fingerprint density at radius 3 is 2.59 bits per heavy atom. The van der Waals surface area contributed by atoms with Gasteiger partial charge in [0, 0.05) is 47.7 Å². The summed E-state index contributed by atoms with van der Waals surface area (Å²) in [6.45, 7) is 5.20. The normalized spacial score (nSPS) is 20.6. The SMILES string of the molecule is CCN(c1cccc2c1CC=CCCc1cc(C)[nH]c(=O)c1CNC2=O)C1CCC(N)CC1.Cl. The molecule has 1 aliphatic heterocycles. The summed E-state index contributed by atoms with van der Waals surface area (Å²) in [6, 6.07) is 8.79. The van der Waals surface area contributed by atoms with Crippen molar-refractivity contribution in [1.82, 2.24) is 10.3 Å². The number of hydrogen-bond donors (Lipinski definition) is 3. The Balaban J connectivity index is 0.00000324. The third kappa shape index (κ3) is 5.73. The number of anilines is 1. The lowest BCUT2D eigenvalue weighted by atomic mass is 9.89. The van der Waals surface area contributed by atoms with Crippen LogP contribution in [-0.2, 0) is 19.4 Å². The molecule has 0 bridgehead atoms. The highest BCUT2D eigenvalue weighted by atomic mass is 35.5. The Morgan fingerprint density at radius 1 is 1.09 bits per heavy atom. The van der Waals surface area contributed by atoms with Gasteiger partial charge >= 0.3 is 0 Å². The van der Waals surface area contributed by atoms with E-state index in [1.54, 1.807) is 0 Å². The van der Waals surface area contributed by atoms with Gasteiger partial charge in [0.25, 0.3) is 11.5 Å². The topological polar surface area (TPSA) is 91.2 Å². The summed E-state index contributed by atoms with van der Waals surface area (Å²) < 4.78 is 0. The van der Waals surface area contributed by atoms with Gasteiger partial charge in [-0.3, -0.25) is 9.59 Å². The van der Waals surface area contributed by atoms with Gasteiger partial charge in [-0.2, -0.15) is 0 Å². The maximum absolute atomic E-state index is 13.3. The molecule has 0 atom stereocenters. The average Bonchev–Trinajstić information content (AvgIpc) is 2.79. The highest BCUT2D eigenvalue weighted by molar-refractivity contribution is 5.97. The number of amides is 1. The number of allylic oxidation sites excluding steroid dienone is 2. The van der Waals surface area contributed by atoms with Gasteiger partial charge in [-0.1, -0.05) is 18.2 Å². The third-order valence-electron chi connectivity index (χ3n) is 7.09. The van der Waals surface area contributed by atoms with Crippen molar-refractivity contribution >= 4 is 24.0 Å². The molecule has 0 saturated heterocycles. The fourth-order valence-corrected chi connectivity index (χ4v) is 5.33. The first-order chi connectivity index (χ1) is 16.0. The van der Waals surface area contributed by atoms with Crippen molar-refractivity contribution in [3.8, 4) is 0 Å². The van der Waals surface area contributed by atoms with E-state index >= 15 is 0 Å². The predicted molar refractivity (Wildman–Crippen MR) is 141 cm³/mol. The van der Waals surface area contributed by atoms with Crippen molar-refractivity contribution in [3.63, 3.8) is 0 Å². The van der Waals surface area contributed by atoms with Crippen LogP contribution in [0, 0.1) is 6.92 Å². The Hall–Kier alpha value is -2.57. The van der Waals surface area contributed by atoms with Gasteiger partial charge in [-0.15, -0.1) is 12.4 Å². The molecule has 0 radical (unpaired) electrons. The van der Waals surface area contributed by atoms with Crippen LogP contribution in [0.25, 0.3) is 0 Å². The number of halogens is 1. The number of aromatic nitrogens is 1. The molecule has 1 aliphatic carbocycles. The highest BCUT2D eigenvalue weighted by Crippen LogP contribution is 2.32. The number of aromatic amines is 1. The Kier molecular flexibility index (Phi) is 8.97. The number of carbonyl (C=O) groups is 1. The molecule has 1 saturated carbocycles. The quantitative estimate of drug-likeness (QED) is 0.570. The van der Waals surface area contributed by atoms with E-state index in [9.17, 15) is 9.59 Å². The molecular formula is C27H37ClN4O2. The molecule has 4 rings (SSSR count). The number of carbonyl (C=O) groups excluding carboxylic acids is 1. The van der Waals surface area contributed by atoms with Gasteiger partial charge in [0.2, 0.25) is 0 Å². The molecule has 1 aromatic heterocycles. The number of H-pyrrole nitrogens is 1. The van der Waals surface area contributed by atoms with Crippen LogP contribution in [0.3, 0.4) is 0 Å². The molecule has 6 nitrogen and oxygen atoms in total. The van der Waals surface area contributed by atoms with Crippen molar-refractivity contribution in [3.05, 3.63) is 74.7 Å². The zero-order valence-electron chi connectivity index (χ0n) is 20.2. The van der Waals surface area contributed by atoms with Gasteiger partial charge < -0.3 is 20.9 Å². The maximum atomic E-state index is 13.3. The number of nitrogens with zero attached hydrogens (tertiary/aromatic N) is 1. The van der Waals surface area contributed by atoms with E-state index in [0.29, 0.717) is 29.6 Å². The molecule has 1 aromatic carbocycles. The van der Waals surface area contributed by atoms with Crippen LogP contribution in [0.4, 0.5) is 5.69 Å². The van der Waals surface area contributed by atoms with Crippen LogP contribution >= 0.6 is 12.4 Å². The number of nitrogens with two attached hydrogens (primary N) is 1. The minimum atomic E-state index is -0.131. The zero-order chi connectivity index (χ0) is 23.4. The number of benzene rings is 1. The molecular weight excluding hydrogens is 448 g/mol. The van der Waals surface area contributed by atoms with Crippen LogP contribution < -0.4 is 21.5 Å². The van der Waals surface area contributed by atoms with Crippen LogP contribution in [0.5, 0.6) is 0 Å². The molecule has 0 spiro atoms. The second-order valence-electron chi connectivity index (χ2n) is 9.34. The van der Waals surface area contributed by atoms with Crippen LogP contribution in [-0.4, -0.2) is 29.5 Å². The first-order valence-corrected chi connectivity index (χ1v) is 12.3.